The van der Waals surface area contributed by atoms with Gasteiger partial charge in [-0.15, -0.1) is 0 Å². The minimum absolute atomic E-state index is 0.0115. The zero-order chi connectivity index (χ0) is 25.0. The molecule has 6 atom stereocenters. The van der Waals surface area contributed by atoms with Crippen molar-refractivity contribution in [2.75, 3.05) is 13.7 Å². The van der Waals surface area contributed by atoms with E-state index >= 15 is 0 Å². The normalized spacial score (nSPS) is 27.4. The molecule has 3 rings (SSSR count). The zero-order valence-corrected chi connectivity index (χ0v) is 22.2. The first-order chi connectivity index (χ1) is 17.0. The Morgan fingerprint density at radius 2 is 1.97 bits per heavy atom. The number of rotatable bonds is 12. The monoisotopic (exact) mass is 552 g/mol. The first-order valence-corrected chi connectivity index (χ1v) is 14.2. The summed E-state index contributed by atoms with van der Waals surface area (Å²) in [7, 11) is 1.43. The molecule has 8 heteroatoms. The first-order valence-electron chi connectivity index (χ1n) is 12.4. The van der Waals surface area contributed by atoms with E-state index in [4.69, 9.17) is 18.9 Å². The van der Waals surface area contributed by atoms with Crippen molar-refractivity contribution in [3.63, 3.8) is 0 Å². The second kappa shape index (κ2) is 14.5. The molecule has 0 aromatic heterocycles. The van der Waals surface area contributed by atoms with E-state index in [1.165, 1.54) is 14.0 Å². The quantitative estimate of drug-likeness (QED) is 0.170. The van der Waals surface area contributed by atoms with Crippen LogP contribution < -0.4 is 4.46 Å². The number of aldehydes is 1. The summed E-state index contributed by atoms with van der Waals surface area (Å²) in [5.74, 6) is -1.05. The molecule has 1 aromatic rings. The van der Waals surface area contributed by atoms with Crippen LogP contribution in [-0.2, 0) is 33.3 Å². The van der Waals surface area contributed by atoms with Gasteiger partial charge in [0.05, 0.1) is 0 Å². The number of carbonyl (C=O) groups is 3. The van der Waals surface area contributed by atoms with E-state index in [-0.39, 0.29) is 62.0 Å². The molecule has 0 bridgehead atoms. The molecule has 1 aliphatic heterocycles. The molecule has 2 fully saturated rings. The van der Waals surface area contributed by atoms with Gasteiger partial charge in [-0.05, 0) is 12.8 Å². The van der Waals surface area contributed by atoms with Crippen molar-refractivity contribution >= 4 is 37.6 Å². The van der Waals surface area contributed by atoms with E-state index in [2.05, 4.69) is 0 Å². The van der Waals surface area contributed by atoms with Crippen molar-refractivity contribution in [3.8, 4) is 0 Å². The number of esters is 2. The summed E-state index contributed by atoms with van der Waals surface area (Å²) in [6, 6.07) is 10.0. The zero-order valence-electron chi connectivity index (χ0n) is 20.5. The molecule has 1 saturated heterocycles. The van der Waals surface area contributed by atoms with Crippen molar-refractivity contribution in [1.82, 2.24) is 0 Å². The van der Waals surface area contributed by atoms with Crippen LogP contribution in [0.15, 0.2) is 42.5 Å². The van der Waals surface area contributed by atoms with Crippen molar-refractivity contribution in [1.29, 1.82) is 0 Å². The van der Waals surface area contributed by atoms with Gasteiger partial charge in [-0.1, -0.05) is 0 Å². The number of carbonyl (C=O) groups excluding carboxylic acids is 3. The summed E-state index contributed by atoms with van der Waals surface area (Å²) in [5.41, 5.74) is 0. The molecule has 192 valence electrons. The van der Waals surface area contributed by atoms with E-state index in [9.17, 15) is 14.4 Å². The first kappa shape index (κ1) is 27.6. The fourth-order valence-corrected chi connectivity index (χ4v) is 7.01. The standard InChI is InChI=1S/C27H36O7Se/c1-19(29)33-23-17-24(34-26-15-9-10-16-32-26)22(18-28)21(23)13-7-4-8-14-25(27(30)31-2)35-20-11-5-3-6-12-20/h3-7,11-12,18,21-26H,8-10,13-17H2,1-2H3/b7-4-/t21-,22-,23+,24-,25?,26?/m0/s1. The van der Waals surface area contributed by atoms with Gasteiger partial charge >= 0.3 is 195 Å². The van der Waals surface area contributed by atoms with Gasteiger partial charge in [0.1, 0.15) is 0 Å². The summed E-state index contributed by atoms with van der Waals surface area (Å²) >= 11 is -0.0115. The molecular formula is C27H36O7Se. The summed E-state index contributed by atoms with van der Waals surface area (Å²) in [6.45, 7) is 2.06. The van der Waals surface area contributed by atoms with Gasteiger partial charge in [0.15, 0.2) is 0 Å². The summed E-state index contributed by atoms with van der Waals surface area (Å²) < 4.78 is 23.6. The molecule has 2 unspecified atom stereocenters. The molecular weight excluding hydrogens is 515 g/mol. The Kier molecular flexibility index (Phi) is 11.5. The third-order valence-electron chi connectivity index (χ3n) is 6.46. The minimum atomic E-state index is -0.370. The predicted octanol–water partition coefficient (Wildman–Crippen LogP) is 3.38. The van der Waals surface area contributed by atoms with Crippen molar-refractivity contribution in [2.24, 2.45) is 11.8 Å². The van der Waals surface area contributed by atoms with Crippen LogP contribution in [0.4, 0.5) is 0 Å². The van der Waals surface area contributed by atoms with E-state index in [0.29, 0.717) is 25.9 Å². The number of hydrogen-bond acceptors (Lipinski definition) is 7. The third kappa shape index (κ3) is 8.57. The topological polar surface area (TPSA) is 88.1 Å². The average Bonchev–Trinajstić information content (AvgIpc) is 3.18. The second-order valence-corrected chi connectivity index (χ2v) is 11.6. The number of methoxy groups -OCH3 is 1. The molecule has 2 aliphatic rings. The van der Waals surface area contributed by atoms with Gasteiger partial charge in [-0.25, -0.2) is 0 Å². The van der Waals surface area contributed by atoms with Crippen LogP contribution in [0.1, 0.15) is 51.9 Å². The Morgan fingerprint density at radius 3 is 2.63 bits per heavy atom. The van der Waals surface area contributed by atoms with Crippen LogP contribution in [0.25, 0.3) is 0 Å². The van der Waals surface area contributed by atoms with Crippen molar-refractivity contribution in [2.45, 2.75) is 75.2 Å². The number of ether oxygens (including phenoxy) is 4. The maximum absolute atomic E-state index is 12.3. The number of allylic oxidation sites excluding steroid dienone is 2. The molecule has 1 heterocycles. The molecule has 35 heavy (non-hydrogen) atoms. The van der Waals surface area contributed by atoms with Crippen molar-refractivity contribution < 1.29 is 33.3 Å². The Morgan fingerprint density at radius 1 is 1.17 bits per heavy atom. The maximum atomic E-state index is 12.3. The fraction of sp³-hybridized carbons (Fsp3) is 0.593. The van der Waals surface area contributed by atoms with Gasteiger partial charge in [0, 0.05) is 6.61 Å². The summed E-state index contributed by atoms with van der Waals surface area (Å²) in [5, 5.41) is 0. The van der Waals surface area contributed by atoms with E-state index in [1.54, 1.807) is 0 Å². The molecule has 1 saturated carbocycles. The summed E-state index contributed by atoms with van der Waals surface area (Å²) in [6.07, 6.45) is 9.40. The fourth-order valence-electron chi connectivity index (χ4n) is 4.73. The van der Waals surface area contributed by atoms with E-state index in [1.807, 2.05) is 42.5 Å². The number of hydrogen-bond donors (Lipinski definition) is 0. The molecule has 0 spiro atoms. The third-order valence-corrected chi connectivity index (χ3v) is 9.10. The summed E-state index contributed by atoms with van der Waals surface area (Å²) in [4.78, 5) is 35.8. The predicted molar refractivity (Wildman–Crippen MR) is 132 cm³/mol. The Bertz CT molecular complexity index is 837. The van der Waals surface area contributed by atoms with Crippen LogP contribution in [0, 0.1) is 11.8 Å². The van der Waals surface area contributed by atoms with Gasteiger partial charge in [-0.2, -0.15) is 0 Å². The molecule has 0 radical (unpaired) electrons. The van der Waals surface area contributed by atoms with Crippen LogP contribution in [0.2, 0.25) is 4.82 Å². The van der Waals surface area contributed by atoms with E-state index < -0.39 is 0 Å². The van der Waals surface area contributed by atoms with Crippen LogP contribution >= 0.6 is 0 Å². The van der Waals surface area contributed by atoms with Gasteiger partial charge in [-0.3, -0.25) is 0 Å². The Balaban J connectivity index is 1.56. The Labute approximate surface area is 214 Å². The van der Waals surface area contributed by atoms with Gasteiger partial charge < -0.3 is 0 Å². The van der Waals surface area contributed by atoms with Crippen LogP contribution in [-0.4, -0.2) is 65.4 Å². The second-order valence-electron chi connectivity index (χ2n) is 8.96. The molecule has 7 nitrogen and oxygen atoms in total. The molecule has 0 N–H and O–H groups in total. The molecule has 0 amide bonds. The average molecular weight is 552 g/mol. The number of benzene rings is 1. The van der Waals surface area contributed by atoms with Crippen molar-refractivity contribution in [3.05, 3.63) is 42.5 Å². The Hall–Kier alpha value is -1.99. The van der Waals surface area contributed by atoms with E-state index in [0.717, 1.165) is 36.4 Å². The molecule has 1 aromatic carbocycles. The van der Waals surface area contributed by atoms with Gasteiger partial charge in [0.25, 0.3) is 0 Å². The molecule has 1 aliphatic carbocycles. The van der Waals surface area contributed by atoms with Gasteiger partial charge in [0.2, 0.25) is 0 Å². The SMILES string of the molecule is COC(=O)C(CC/C=C\C[C@H]1[C@H](C=O)[C@@H](OC2CCCCO2)C[C@H]1OC(C)=O)[Se]c1ccccc1. The van der Waals surface area contributed by atoms with Crippen LogP contribution in [0.5, 0.6) is 0 Å². The van der Waals surface area contributed by atoms with Crippen LogP contribution in [0.3, 0.4) is 0 Å².